The van der Waals surface area contributed by atoms with Crippen molar-refractivity contribution in [1.82, 2.24) is 20.2 Å². The van der Waals surface area contributed by atoms with Crippen LogP contribution < -0.4 is 10.2 Å². The summed E-state index contributed by atoms with van der Waals surface area (Å²) in [5, 5.41) is 12.0. The van der Waals surface area contributed by atoms with Gasteiger partial charge in [-0.1, -0.05) is 11.8 Å². The molecular weight excluding hydrogens is 379 g/mol. The minimum absolute atomic E-state index is 0.150. The summed E-state index contributed by atoms with van der Waals surface area (Å²) < 4.78 is 13.4. The SMILES string of the molecule is CN(C)c1ccc(NC(=O)CSc2nnc3c(n2)[nH]c2ccc(F)cc23)cc1. The predicted molar refractivity (Wildman–Crippen MR) is 109 cm³/mol. The van der Waals surface area contributed by atoms with Crippen LogP contribution in [0.5, 0.6) is 0 Å². The van der Waals surface area contributed by atoms with Crippen molar-refractivity contribution in [1.29, 1.82) is 0 Å². The smallest absolute Gasteiger partial charge is 0.234 e. The Kier molecular flexibility index (Phi) is 4.82. The van der Waals surface area contributed by atoms with Gasteiger partial charge in [0, 0.05) is 36.4 Å². The highest BCUT2D eigenvalue weighted by Crippen LogP contribution is 2.24. The first-order valence-corrected chi connectivity index (χ1v) is 9.50. The Morgan fingerprint density at radius 3 is 2.71 bits per heavy atom. The van der Waals surface area contributed by atoms with E-state index in [1.165, 1.54) is 23.9 Å². The molecule has 0 unspecified atom stereocenters. The van der Waals surface area contributed by atoms with Gasteiger partial charge in [-0.25, -0.2) is 9.37 Å². The average Bonchev–Trinajstić information content (AvgIpc) is 3.04. The third-order valence-corrected chi connectivity index (χ3v) is 4.99. The molecule has 4 rings (SSSR count). The van der Waals surface area contributed by atoms with Crippen LogP contribution in [0.1, 0.15) is 0 Å². The van der Waals surface area contributed by atoms with Crippen LogP contribution in [0.25, 0.3) is 22.1 Å². The zero-order valence-corrected chi connectivity index (χ0v) is 16.0. The van der Waals surface area contributed by atoms with Crippen molar-refractivity contribution in [3.05, 3.63) is 48.3 Å². The number of thioether (sulfide) groups is 1. The summed E-state index contributed by atoms with van der Waals surface area (Å²) in [6.45, 7) is 0. The number of aromatic nitrogens is 4. The van der Waals surface area contributed by atoms with Crippen LogP contribution >= 0.6 is 11.8 Å². The van der Waals surface area contributed by atoms with Crippen molar-refractivity contribution in [2.45, 2.75) is 5.16 Å². The summed E-state index contributed by atoms with van der Waals surface area (Å²) in [7, 11) is 3.91. The lowest BCUT2D eigenvalue weighted by molar-refractivity contribution is -0.113. The highest BCUT2D eigenvalue weighted by Gasteiger charge is 2.12. The lowest BCUT2D eigenvalue weighted by Gasteiger charge is -2.12. The number of fused-ring (bicyclic) bond motifs is 3. The molecule has 4 aromatic rings. The van der Waals surface area contributed by atoms with E-state index in [4.69, 9.17) is 0 Å². The first-order chi connectivity index (χ1) is 13.5. The highest BCUT2D eigenvalue weighted by molar-refractivity contribution is 7.99. The molecule has 0 aliphatic rings. The van der Waals surface area contributed by atoms with E-state index in [-0.39, 0.29) is 17.5 Å². The second kappa shape index (κ2) is 7.43. The molecule has 0 radical (unpaired) electrons. The molecule has 0 saturated heterocycles. The first kappa shape index (κ1) is 18.2. The van der Waals surface area contributed by atoms with Gasteiger partial charge < -0.3 is 15.2 Å². The third kappa shape index (κ3) is 3.74. The van der Waals surface area contributed by atoms with Crippen molar-refractivity contribution >= 4 is 51.1 Å². The van der Waals surface area contributed by atoms with Gasteiger partial charge in [0.2, 0.25) is 11.1 Å². The van der Waals surface area contributed by atoms with Gasteiger partial charge >= 0.3 is 0 Å². The van der Waals surface area contributed by atoms with Gasteiger partial charge in [0.15, 0.2) is 5.65 Å². The molecule has 142 valence electrons. The lowest BCUT2D eigenvalue weighted by Crippen LogP contribution is -2.14. The number of hydrogen-bond donors (Lipinski definition) is 2. The van der Waals surface area contributed by atoms with E-state index in [9.17, 15) is 9.18 Å². The summed E-state index contributed by atoms with van der Waals surface area (Å²) in [5.41, 5.74) is 3.53. The topological polar surface area (TPSA) is 86.8 Å². The molecule has 9 heteroatoms. The van der Waals surface area contributed by atoms with E-state index in [2.05, 4.69) is 25.5 Å². The zero-order valence-electron chi connectivity index (χ0n) is 15.2. The number of H-pyrrole nitrogens is 1. The van der Waals surface area contributed by atoms with Gasteiger partial charge in [0.1, 0.15) is 11.3 Å². The number of aromatic amines is 1. The first-order valence-electron chi connectivity index (χ1n) is 8.51. The number of nitrogens with zero attached hydrogens (tertiary/aromatic N) is 4. The maximum atomic E-state index is 13.4. The molecule has 0 atom stereocenters. The maximum absolute atomic E-state index is 13.4. The van der Waals surface area contributed by atoms with Crippen LogP contribution in [-0.4, -0.2) is 45.9 Å². The Morgan fingerprint density at radius 1 is 1.18 bits per heavy atom. The molecule has 2 N–H and O–H groups in total. The molecule has 0 aliphatic carbocycles. The van der Waals surface area contributed by atoms with Gasteiger partial charge in [0.05, 0.1) is 5.75 Å². The van der Waals surface area contributed by atoms with Crippen molar-refractivity contribution in [3.63, 3.8) is 0 Å². The fraction of sp³-hybridized carbons (Fsp3) is 0.158. The van der Waals surface area contributed by atoms with E-state index in [1.54, 1.807) is 6.07 Å². The third-order valence-electron chi connectivity index (χ3n) is 4.16. The van der Waals surface area contributed by atoms with Gasteiger partial charge in [-0.3, -0.25) is 4.79 Å². The molecule has 0 saturated carbocycles. The van der Waals surface area contributed by atoms with Crippen LogP contribution in [0.4, 0.5) is 15.8 Å². The maximum Gasteiger partial charge on any atom is 0.234 e. The quantitative estimate of drug-likeness (QED) is 0.503. The molecule has 2 heterocycles. The van der Waals surface area contributed by atoms with Crippen molar-refractivity contribution in [2.24, 2.45) is 0 Å². The standard InChI is InChI=1S/C19H17FN6OS/c1-26(2)13-6-4-12(5-7-13)21-16(27)10-28-19-23-18-17(24-25-19)14-9-11(20)3-8-15(14)22-18/h3-9H,10H2,1-2H3,(H,21,27)(H,22,23,25). The Labute approximate surface area is 164 Å². The molecule has 0 spiro atoms. The largest absolute Gasteiger partial charge is 0.378 e. The normalized spacial score (nSPS) is 11.1. The number of anilines is 2. The number of carbonyl (C=O) groups is 1. The van der Waals surface area contributed by atoms with Gasteiger partial charge in [-0.05, 0) is 42.5 Å². The Bertz CT molecular complexity index is 1160. The Hall–Kier alpha value is -3.20. The van der Waals surface area contributed by atoms with E-state index >= 15 is 0 Å². The zero-order chi connectivity index (χ0) is 19.7. The molecule has 1 amide bonds. The van der Waals surface area contributed by atoms with Crippen LogP contribution in [0.3, 0.4) is 0 Å². The number of rotatable bonds is 5. The molecular formula is C19H17FN6OS. The second-order valence-electron chi connectivity index (χ2n) is 6.38. The summed E-state index contributed by atoms with van der Waals surface area (Å²) in [5.74, 6) is -0.355. The molecule has 0 bridgehead atoms. The highest BCUT2D eigenvalue weighted by atomic mass is 32.2. The Balaban J connectivity index is 1.43. The summed E-state index contributed by atoms with van der Waals surface area (Å²) in [4.78, 5) is 21.6. The number of carbonyl (C=O) groups excluding carboxylic acids is 1. The number of amides is 1. The number of halogens is 1. The summed E-state index contributed by atoms with van der Waals surface area (Å²) in [6, 6.07) is 12.0. The van der Waals surface area contributed by atoms with Crippen molar-refractivity contribution in [2.75, 3.05) is 30.1 Å². The Morgan fingerprint density at radius 2 is 1.96 bits per heavy atom. The summed E-state index contributed by atoms with van der Waals surface area (Å²) in [6.07, 6.45) is 0. The minimum Gasteiger partial charge on any atom is -0.378 e. The number of nitrogens with one attached hydrogen (secondary N) is 2. The van der Waals surface area contributed by atoms with E-state index < -0.39 is 0 Å². The predicted octanol–water partition coefficient (Wildman–Crippen LogP) is 3.44. The fourth-order valence-corrected chi connectivity index (χ4v) is 3.35. The molecule has 0 aliphatic heterocycles. The number of hydrogen-bond acceptors (Lipinski definition) is 6. The molecule has 7 nitrogen and oxygen atoms in total. The van der Waals surface area contributed by atoms with Crippen LogP contribution in [0, 0.1) is 5.82 Å². The van der Waals surface area contributed by atoms with Crippen molar-refractivity contribution < 1.29 is 9.18 Å². The fourth-order valence-electron chi connectivity index (χ4n) is 2.76. The lowest BCUT2D eigenvalue weighted by atomic mass is 10.2. The number of benzene rings is 2. The second-order valence-corrected chi connectivity index (χ2v) is 7.33. The van der Waals surface area contributed by atoms with E-state index in [0.29, 0.717) is 21.7 Å². The van der Waals surface area contributed by atoms with E-state index in [1.807, 2.05) is 43.3 Å². The molecule has 28 heavy (non-hydrogen) atoms. The van der Waals surface area contributed by atoms with Crippen LogP contribution in [0.2, 0.25) is 0 Å². The van der Waals surface area contributed by atoms with Gasteiger partial charge in [-0.2, -0.15) is 0 Å². The molecule has 2 aromatic carbocycles. The molecule has 0 fully saturated rings. The van der Waals surface area contributed by atoms with Gasteiger partial charge in [0.25, 0.3) is 0 Å². The minimum atomic E-state index is -0.344. The van der Waals surface area contributed by atoms with Crippen LogP contribution in [-0.2, 0) is 4.79 Å². The van der Waals surface area contributed by atoms with Crippen molar-refractivity contribution in [3.8, 4) is 0 Å². The molecule has 2 aromatic heterocycles. The summed E-state index contributed by atoms with van der Waals surface area (Å²) >= 11 is 1.18. The van der Waals surface area contributed by atoms with Gasteiger partial charge in [-0.15, -0.1) is 10.2 Å². The monoisotopic (exact) mass is 396 g/mol. The van der Waals surface area contributed by atoms with Crippen LogP contribution in [0.15, 0.2) is 47.6 Å². The average molecular weight is 396 g/mol. The van der Waals surface area contributed by atoms with E-state index in [0.717, 1.165) is 16.9 Å².